The maximum Gasteiger partial charge on any atom is 0.232 e. The van der Waals surface area contributed by atoms with Crippen molar-refractivity contribution in [3.8, 4) is 5.88 Å². The molecule has 0 saturated carbocycles. The van der Waals surface area contributed by atoms with Crippen LogP contribution in [0.4, 0.5) is 5.95 Å². The van der Waals surface area contributed by atoms with Gasteiger partial charge in [0.05, 0.1) is 23.5 Å². The molecule has 2 aromatic rings. The van der Waals surface area contributed by atoms with Crippen molar-refractivity contribution < 1.29 is 4.74 Å². The van der Waals surface area contributed by atoms with Crippen LogP contribution >= 0.6 is 15.9 Å². The first-order valence-corrected chi connectivity index (χ1v) is 6.75. The summed E-state index contributed by atoms with van der Waals surface area (Å²) in [6, 6.07) is 0. The third-order valence-electron chi connectivity index (χ3n) is 2.67. The van der Waals surface area contributed by atoms with Crippen molar-refractivity contribution in [2.75, 3.05) is 12.4 Å². The molecule has 6 nitrogen and oxygen atoms in total. The minimum absolute atomic E-state index is 0.513. The van der Waals surface area contributed by atoms with Crippen LogP contribution in [0.3, 0.4) is 0 Å². The molecule has 0 fully saturated rings. The lowest BCUT2D eigenvalue weighted by Gasteiger charge is -2.06. The molecular weight excluding hydrogens is 310 g/mol. The van der Waals surface area contributed by atoms with Crippen LogP contribution in [0.15, 0.2) is 16.9 Å². The van der Waals surface area contributed by atoms with Gasteiger partial charge in [-0.25, -0.2) is 4.98 Å². The number of anilines is 1. The third-order valence-corrected chi connectivity index (χ3v) is 3.21. The van der Waals surface area contributed by atoms with Gasteiger partial charge in [-0.1, -0.05) is 6.92 Å². The number of nitrogens with one attached hydrogen (secondary N) is 1. The van der Waals surface area contributed by atoms with Crippen molar-refractivity contribution in [3.05, 3.63) is 28.1 Å². The van der Waals surface area contributed by atoms with Crippen molar-refractivity contribution in [1.29, 1.82) is 0 Å². The highest BCUT2D eigenvalue weighted by Gasteiger charge is 2.08. The van der Waals surface area contributed by atoms with Crippen LogP contribution in [0, 0.1) is 0 Å². The van der Waals surface area contributed by atoms with Crippen LogP contribution in [0.25, 0.3) is 0 Å². The molecule has 0 aliphatic carbocycles. The Morgan fingerprint density at radius 1 is 1.47 bits per heavy atom. The second-order valence-electron chi connectivity index (χ2n) is 4.03. The summed E-state index contributed by atoms with van der Waals surface area (Å²) in [6.45, 7) is 2.73. The zero-order chi connectivity index (χ0) is 13.8. The van der Waals surface area contributed by atoms with Gasteiger partial charge in [0, 0.05) is 25.4 Å². The van der Waals surface area contributed by atoms with E-state index in [1.54, 1.807) is 13.3 Å². The molecule has 0 spiro atoms. The van der Waals surface area contributed by atoms with Crippen molar-refractivity contribution in [2.45, 2.75) is 19.9 Å². The molecule has 0 aliphatic rings. The molecule has 2 heterocycles. The van der Waals surface area contributed by atoms with E-state index >= 15 is 0 Å². The summed E-state index contributed by atoms with van der Waals surface area (Å²) in [5, 5.41) is 7.57. The summed E-state index contributed by atoms with van der Waals surface area (Å²) in [5.74, 6) is 1.05. The van der Waals surface area contributed by atoms with E-state index in [-0.39, 0.29) is 0 Å². The molecule has 0 aromatic carbocycles. The Balaban J connectivity index is 2.09. The van der Waals surface area contributed by atoms with Gasteiger partial charge in [0.15, 0.2) is 0 Å². The van der Waals surface area contributed by atoms with E-state index in [4.69, 9.17) is 4.74 Å². The van der Waals surface area contributed by atoms with Gasteiger partial charge < -0.3 is 10.1 Å². The predicted octanol–water partition coefficient (Wildman–Crippen LogP) is 2.16. The molecule has 2 aromatic heterocycles. The molecule has 2 rings (SSSR count). The lowest BCUT2D eigenvalue weighted by atomic mass is 10.2. The Morgan fingerprint density at radius 3 is 2.95 bits per heavy atom. The van der Waals surface area contributed by atoms with E-state index in [0.717, 1.165) is 22.2 Å². The number of hydrogen-bond donors (Lipinski definition) is 1. The molecule has 102 valence electrons. The topological polar surface area (TPSA) is 64.9 Å². The van der Waals surface area contributed by atoms with Crippen molar-refractivity contribution in [3.63, 3.8) is 0 Å². The lowest BCUT2D eigenvalue weighted by molar-refractivity contribution is 0.394. The first-order chi connectivity index (χ1) is 9.13. The summed E-state index contributed by atoms with van der Waals surface area (Å²) in [7, 11) is 3.50. The van der Waals surface area contributed by atoms with Crippen LogP contribution in [0.5, 0.6) is 5.88 Å². The zero-order valence-corrected chi connectivity index (χ0v) is 12.7. The third kappa shape index (κ3) is 3.23. The lowest BCUT2D eigenvalue weighted by Crippen LogP contribution is -2.05. The summed E-state index contributed by atoms with van der Waals surface area (Å²) in [5.41, 5.74) is 2.23. The zero-order valence-electron chi connectivity index (χ0n) is 11.1. The largest absolute Gasteiger partial charge is 0.480 e. The van der Waals surface area contributed by atoms with Crippen molar-refractivity contribution >= 4 is 21.9 Å². The molecule has 0 bridgehead atoms. The Hall–Kier alpha value is -1.63. The van der Waals surface area contributed by atoms with Gasteiger partial charge in [0.1, 0.15) is 0 Å². The van der Waals surface area contributed by atoms with Crippen LogP contribution in [-0.4, -0.2) is 26.9 Å². The molecule has 0 radical (unpaired) electrons. The van der Waals surface area contributed by atoms with E-state index in [9.17, 15) is 0 Å². The van der Waals surface area contributed by atoms with Gasteiger partial charge >= 0.3 is 0 Å². The number of halogens is 1. The number of ether oxygens (including phenoxy) is 1. The molecule has 0 saturated heterocycles. The summed E-state index contributed by atoms with van der Waals surface area (Å²) in [6.07, 6.45) is 4.57. The van der Waals surface area contributed by atoms with Crippen molar-refractivity contribution in [1.82, 2.24) is 19.7 Å². The molecule has 0 amide bonds. The fraction of sp³-hybridized carbons (Fsp3) is 0.417. The quantitative estimate of drug-likeness (QED) is 0.912. The fourth-order valence-corrected chi connectivity index (χ4v) is 2.14. The normalized spacial score (nSPS) is 10.5. The van der Waals surface area contributed by atoms with Gasteiger partial charge in [-0.05, 0) is 22.4 Å². The fourth-order valence-electron chi connectivity index (χ4n) is 1.78. The van der Waals surface area contributed by atoms with E-state index in [1.165, 1.54) is 0 Å². The maximum absolute atomic E-state index is 5.13. The second-order valence-corrected chi connectivity index (χ2v) is 4.89. The molecule has 7 heteroatoms. The van der Waals surface area contributed by atoms with Gasteiger partial charge in [-0.2, -0.15) is 10.1 Å². The Bertz CT molecular complexity index is 569. The van der Waals surface area contributed by atoms with Crippen LogP contribution in [0.2, 0.25) is 0 Å². The average Bonchev–Trinajstić information content (AvgIpc) is 2.78. The van der Waals surface area contributed by atoms with Gasteiger partial charge in [-0.3, -0.25) is 4.68 Å². The molecule has 0 unspecified atom stereocenters. The number of aryl methyl sites for hydroxylation is 2. The van der Waals surface area contributed by atoms with Gasteiger partial charge in [-0.15, -0.1) is 0 Å². The van der Waals surface area contributed by atoms with Gasteiger partial charge in [0.2, 0.25) is 11.8 Å². The predicted molar refractivity (Wildman–Crippen MR) is 76.2 cm³/mol. The standard InChI is InChI=1S/C12H16BrN5O/c1-4-10-8(7-18(2)17-10)5-14-12-15-6-9(13)11(16-12)19-3/h6-7H,4-5H2,1-3H3,(H,14,15,16). The average molecular weight is 326 g/mol. The van der Waals surface area contributed by atoms with E-state index in [2.05, 4.69) is 43.2 Å². The van der Waals surface area contributed by atoms with Crippen LogP contribution < -0.4 is 10.1 Å². The van der Waals surface area contributed by atoms with E-state index < -0.39 is 0 Å². The van der Waals surface area contributed by atoms with Crippen LogP contribution in [-0.2, 0) is 20.0 Å². The molecule has 0 aliphatic heterocycles. The minimum Gasteiger partial charge on any atom is -0.480 e. The first kappa shape index (κ1) is 13.8. The van der Waals surface area contributed by atoms with E-state index in [1.807, 2.05) is 17.9 Å². The van der Waals surface area contributed by atoms with Crippen molar-refractivity contribution in [2.24, 2.45) is 7.05 Å². The Morgan fingerprint density at radius 2 is 2.26 bits per heavy atom. The Kier molecular flexibility index (Phi) is 4.36. The highest BCUT2D eigenvalue weighted by atomic mass is 79.9. The number of rotatable bonds is 5. The van der Waals surface area contributed by atoms with Crippen LogP contribution in [0.1, 0.15) is 18.2 Å². The Labute approximate surface area is 120 Å². The monoisotopic (exact) mass is 325 g/mol. The molecule has 19 heavy (non-hydrogen) atoms. The minimum atomic E-state index is 0.513. The molecular formula is C12H16BrN5O. The highest BCUT2D eigenvalue weighted by molar-refractivity contribution is 9.10. The smallest absolute Gasteiger partial charge is 0.232 e. The van der Waals surface area contributed by atoms with Gasteiger partial charge in [0.25, 0.3) is 0 Å². The number of methoxy groups -OCH3 is 1. The van der Waals surface area contributed by atoms with E-state index in [0.29, 0.717) is 18.4 Å². The number of nitrogens with zero attached hydrogens (tertiary/aromatic N) is 4. The number of hydrogen-bond acceptors (Lipinski definition) is 5. The molecule has 1 N–H and O–H groups in total. The summed E-state index contributed by atoms with van der Waals surface area (Å²) < 4.78 is 7.68. The SMILES string of the molecule is CCc1nn(C)cc1CNc1ncc(Br)c(OC)n1. The maximum atomic E-state index is 5.13. The second kappa shape index (κ2) is 6.01. The highest BCUT2D eigenvalue weighted by Crippen LogP contribution is 2.22. The molecule has 0 atom stereocenters. The number of aromatic nitrogens is 4. The summed E-state index contributed by atoms with van der Waals surface area (Å²) in [4.78, 5) is 8.44. The summed E-state index contributed by atoms with van der Waals surface area (Å²) >= 11 is 3.32. The first-order valence-electron chi connectivity index (χ1n) is 5.95.